The van der Waals surface area contributed by atoms with E-state index in [1.165, 1.54) is 6.07 Å². The molecule has 0 spiro atoms. The molecule has 0 amide bonds. The quantitative estimate of drug-likeness (QED) is 0.473. The first kappa shape index (κ1) is 15.6. The van der Waals surface area contributed by atoms with Crippen LogP contribution in [0, 0.1) is 5.82 Å². The maximum absolute atomic E-state index is 14.7. The van der Waals surface area contributed by atoms with Gasteiger partial charge in [0, 0.05) is 29.7 Å². The number of aromatic hydroxyl groups is 1. The smallest absolute Gasteiger partial charge is 0.201 e. The van der Waals surface area contributed by atoms with Gasteiger partial charge in [-0.25, -0.2) is 4.39 Å². The van der Waals surface area contributed by atoms with Crippen LogP contribution in [0.4, 0.5) is 4.39 Å². The molecule has 5 heteroatoms. The van der Waals surface area contributed by atoms with Gasteiger partial charge in [-0.05, 0) is 46.8 Å². The monoisotopic (exact) mass is 357 g/mol. The third-order valence-corrected chi connectivity index (χ3v) is 4.91. The Bertz CT molecular complexity index is 1290. The third-order valence-electron chi connectivity index (χ3n) is 4.91. The fourth-order valence-corrected chi connectivity index (χ4v) is 3.46. The molecule has 2 aromatic carbocycles. The van der Waals surface area contributed by atoms with Gasteiger partial charge in [0.2, 0.25) is 5.88 Å². The van der Waals surface area contributed by atoms with Gasteiger partial charge in [-0.15, -0.1) is 0 Å². The van der Waals surface area contributed by atoms with Crippen molar-refractivity contribution in [2.45, 2.75) is 6.54 Å². The second-order valence-corrected chi connectivity index (χ2v) is 6.60. The summed E-state index contributed by atoms with van der Waals surface area (Å²) in [7, 11) is 0. The van der Waals surface area contributed by atoms with Crippen LogP contribution in [-0.2, 0) is 6.54 Å². The molecule has 0 atom stereocenters. The molecule has 0 aliphatic rings. The number of pyridine rings is 1. The Balaban J connectivity index is 1.49. The molecule has 3 heterocycles. The second kappa shape index (κ2) is 5.99. The topological polar surface area (TPSA) is 53.8 Å². The summed E-state index contributed by atoms with van der Waals surface area (Å²) in [6.07, 6.45) is 5.29. The fourth-order valence-electron chi connectivity index (χ4n) is 3.46. The van der Waals surface area contributed by atoms with Crippen molar-refractivity contribution in [2.24, 2.45) is 0 Å². The Kier molecular flexibility index (Phi) is 3.47. The Morgan fingerprint density at radius 1 is 1.04 bits per heavy atom. The molecule has 0 saturated carbocycles. The van der Waals surface area contributed by atoms with Crippen LogP contribution in [0.2, 0.25) is 0 Å². The SMILES string of the molecule is Oc1c2cccnc2cn1Cc1ccc(-c2ccc3cc[nH]c3c2)cc1F. The van der Waals surface area contributed by atoms with E-state index in [1.807, 2.05) is 36.5 Å². The van der Waals surface area contributed by atoms with E-state index in [1.54, 1.807) is 35.2 Å². The average molecular weight is 357 g/mol. The summed E-state index contributed by atoms with van der Waals surface area (Å²) < 4.78 is 16.4. The number of fused-ring (bicyclic) bond motifs is 2. The number of hydrogen-bond acceptors (Lipinski definition) is 2. The van der Waals surface area contributed by atoms with E-state index in [-0.39, 0.29) is 18.2 Å². The number of rotatable bonds is 3. The van der Waals surface area contributed by atoms with Gasteiger partial charge in [-0.2, -0.15) is 0 Å². The highest BCUT2D eigenvalue weighted by molar-refractivity contribution is 5.85. The Hall–Kier alpha value is -3.60. The van der Waals surface area contributed by atoms with Gasteiger partial charge in [-0.3, -0.25) is 4.98 Å². The standard InChI is InChI=1S/C22H16FN3O/c23-19-10-15(16-4-3-14-7-9-25-20(14)11-16)5-6-17(19)12-26-13-21-18(22(26)27)2-1-8-24-21/h1-11,13,25,27H,12H2. The molecule has 2 N–H and O–H groups in total. The minimum absolute atomic E-state index is 0.0961. The largest absolute Gasteiger partial charge is 0.494 e. The predicted molar refractivity (Wildman–Crippen MR) is 104 cm³/mol. The molecular weight excluding hydrogens is 341 g/mol. The summed E-state index contributed by atoms with van der Waals surface area (Å²) in [4.78, 5) is 7.40. The van der Waals surface area contributed by atoms with Crippen molar-refractivity contribution in [1.82, 2.24) is 14.5 Å². The van der Waals surface area contributed by atoms with Crippen LogP contribution in [0.1, 0.15) is 5.56 Å². The molecule has 27 heavy (non-hydrogen) atoms. The molecule has 4 nitrogen and oxygen atoms in total. The summed E-state index contributed by atoms with van der Waals surface area (Å²) in [5.74, 6) is -0.206. The number of aromatic amines is 1. The molecule has 0 fully saturated rings. The second-order valence-electron chi connectivity index (χ2n) is 6.60. The molecule has 132 valence electrons. The van der Waals surface area contributed by atoms with Crippen LogP contribution < -0.4 is 0 Å². The average Bonchev–Trinajstić information content (AvgIpc) is 3.28. The van der Waals surface area contributed by atoms with Gasteiger partial charge in [0.05, 0.1) is 17.4 Å². The molecule has 0 aliphatic heterocycles. The summed E-state index contributed by atoms with van der Waals surface area (Å²) in [6.45, 7) is 0.240. The van der Waals surface area contributed by atoms with E-state index in [0.717, 1.165) is 22.0 Å². The van der Waals surface area contributed by atoms with E-state index in [4.69, 9.17) is 0 Å². The van der Waals surface area contributed by atoms with Crippen molar-refractivity contribution < 1.29 is 9.50 Å². The van der Waals surface area contributed by atoms with E-state index in [0.29, 0.717) is 16.5 Å². The van der Waals surface area contributed by atoms with E-state index in [9.17, 15) is 9.50 Å². The number of nitrogens with zero attached hydrogens (tertiary/aromatic N) is 2. The molecule has 5 aromatic rings. The van der Waals surface area contributed by atoms with Gasteiger partial charge in [0.1, 0.15) is 5.82 Å². The highest BCUT2D eigenvalue weighted by Gasteiger charge is 2.12. The highest BCUT2D eigenvalue weighted by atomic mass is 19.1. The van der Waals surface area contributed by atoms with Crippen molar-refractivity contribution in [3.63, 3.8) is 0 Å². The predicted octanol–water partition coefficient (Wildman–Crippen LogP) is 5.08. The molecule has 0 saturated heterocycles. The van der Waals surface area contributed by atoms with Gasteiger partial charge in [0.15, 0.2) is 0 Å². The van der Waals surface area contributed by atoms with Gasteiger partial charge in [0.25, 0.3) is 0 Å². The van der Waals surface area contributed by atoms with Gasteiger partial charge in [-0.1, -0.05) is 24.3 Å². The van der Waals surface area contributed by atoms with Crippen molar-refractivity contribution in [2.75, 3.05) is 0 Å². The van der Waals surface area contributed by atoms with Crippen LogP contribution >= 0.6 is 0 Å². The Morgan fingerprint density at radius 3 is 2.74 bits per heavy atom. The van der Waals surface area contributed by atoms with E-state index >= 15 is 0 Å². The highest BCUT2D eigenvalue weighted by Crippen LogP contribution is 2.29. The number of halogens is 1. The van der Waals surface area contributed by atoms with Crippen LogP contribution in [0.5, 0.6) is 5.88 Å². The van der Waals surface area contributed by atoms with Gasteiger partial charge < -0.3 is 14.7 Å². The van der Waals surface area contributed by atoms with Crippen molar-refractivity contribution in [1.29, 1.82) is 0 Å². The molecule has 0 bridgehead atoms. The number of H-pyrrole nitrogens is 1. The molecule has 0 aliphatic carbocycles. The zero-order valence-corrected chi connectivity index (χ0v) is 14.4. The lowest BCUT2D eigenvalue weighted by Gasteiger charge is -2.09. The van der Waals surface area contributed by atoms with Crippen LogP contribution in [0.25, 0.3) is 32.9 Å². The van der Waals surface area contributed by atoms with Crippen LogP contribution in [0.15, 0.2) is 73.2 Å². The first-order chi connectivity index (χ1) is 13.2. The number of aromatic nitrogens is 3. The summed E-state index contributed by atoms with van der Waals surface area (Å²) >= 11 is 0. The zero-order chi connectivity index (χ0) is 18.4. The fraction of sp³-hybridized carbons (Fsp3) is 0.0455. The zero-order valence-electron chi connectivity index (χ0n) is 14.4. The summed E-state index contributed by atoms with van der Waals surface area (Å²) in [5, 5.41) is 12.1. The van der Waals surface area contributed by atoms with Crippen LogP contribution in [-0.4, -0.2) is 19.6 Å². The lowest BCUT2D eigenvalue weighted by molar-refractivity contribution is 0.428. The van der Waals surface area contributed by atoms with Crippen LogP contribution in [0.3, 0.4) is 0 Å². The maximum atomic E-state index is 14.7. The summed E-state index contributed by atoms with van der Waals surface area (Å²) in [5.41, 5.74) is 3.99. The lowest BCUT2D eigenvalue weighted by atomic mass is 10.0. The maximum Gasteiger partial charge on any atom is 0.201 e. The lowest BCUT2D eigenvalue weighted by Crippen LogP contribution is -2.00. The molecule has 5 rings (SSSR count). The molecule has 3 aromatic heterocycles. The Labute approximate surface area is 154 Å². The van der Waals surface area contributed by atoms with Crippen molar-refractivity contribution in [3.05, 3.63) is 84.6 Å². The molecule has 0 radical (unpaired) electrons. The first-order valence-corrected chi connectivity index (χ1v) is 8.68. The molecular formula is C22H16FN3O. The van der Waals surface area contributed by atoms with Crippen molar-refractivity contribution in [3.8, 4) is 17.0 Å². The molecule has 0 unspecified atom stereocenters. The third kappa shape index (κ3) is 2.64. The number of hydrogen-bond donors (Lipinski definition) is 2. The minimum atomic E-state index is -0.302. The van der Waals surface area contributed by atoms with E-state index < -0.39 is 0 Å². The number of nitrogens with one attached hydrogen (secondary N) is 1. The summed E-state index contributed by atoms with van der Waals surface area (Å²) in [6, 6.07) is 16.8. The Morgan fingerprint density at radius 2 is 1.89 bits per heavy atom. The van der Waals surface area contributed by atoms with E-state index in [2.05, 4.69) is 9.97 Å². The normalized spacial score (nSPS) is 11.4. The first-order valence-electron chi connectivity index (χ1n) is 8.68. The minimum Gasteiger partial charge on any atom is -0.494 e. The van der Waals surface area contributed by atoms with Crippen molar-refractivity contribution >= 4 is 21.8 Å². The van der Waals surface area contributed by atoms with Gasteiger partial charge >= 0.3 is 0 Å². The number of benzene rings is 2.